The minimum Gasteiger partial charge on any atom is -0.481 e. The van der Waals surface area contributed by atoms with Crippen molar-refractivity contribution in [3.63, 3.8) is 0 Å². The molecule has 1 heterocycles. The minimum absolute atomic E-state index is 0.171. The largest absolute Gasteiger partial charge is 0.481 e. The van der Waals surface area contributed by atoms with E-state index in [1.54, 1.807) is 32.6 Å². The van der Waals surface area contributed by atoms with E-state index in [1.165, 1.54) is 0 Å². The van der Waals surface area contributed by atoms with Crippen molar-refractivity contribution in [3.05, 3.63) is 0 Å². The second-order valence-electron chi connectivity index (χ2n) is 7.00. The highest BCUT2D eigenvalue weighted by molar-refractivity contribution is 5.79. The fourth-order valence-electron chi connectivity index (χ4n) is 2.47. The third-order valence-corrected chi connectivity index (χ3v) is 4.82. The van der Waals surface area contributed by atoms with Crippen molar-refractivity contribution in [3.8, 4) is 0 Å². The van der Waals surface area contributed by atoms with Crippen molar-refractivity contribution in [1.29, 1.82) is 0 Å². The Hall–Kier alpha value is -1.30. The average Bonchev–Trinajstić information content (AvgIpc) is 2.38. The van der Waals surface area contributed by atoms with E-state index in [1.807, 2.05) is 7.05 Å². The number of aliphatic carboxylic acids is 1. The molecule has 0 saturated carbocycles. The van der Waals surface area contributed by atoms with E-state index < -0.39 is 16.9 Å². The monoisotopic (exact) mass is 299 g/mol. The van der Waals surface area contributed by atoms with Gasteiger partial charge in [0.1, 0.15) is 0 Å². The fourth-order valence-corrected chi connectivity index (χ4v) is 2.47. The van der Waals surface area contributed by atoms with Gasteiger partial charge in [0.05, 0.1) is 11.0 Å². The van der Waals surface area contributed by atoms with E-state index in [2.05, 4.69) is 10.6 Å². The molecule has 0 aromatic heterocycles. The van der Waals surface area contributed by atoms with Crippen molar-refractivity contribution in [2.75, 3.05) is 26.7 Å². The maximum atomic E-state index is 12.4. The molecule has 1 aliphatic rings. The maximum Gasteiger partial charge on any atom is 0.317 e. The molecule has 0 radical (unpaired) electrons. The number of carbonyl (C=O) groups is 2. The van der Waals surface area contributed by atoms with Crippen molar-refractivity contribution in [1.82, 2.24) is 15.5 Å². The van der Waals surface area contributed by atoms with Crippen LogP contribution in [0.25, 0.3) is 0 Å². The molecule has 3 N–H and O–H groups in total. The molecule has 0 aromatic carbocycles. The number of likely N-dealkylation sites (tertiary alicyclic amines) is 1. The van der Waals surface area contributed by atoms with E-state index in [4.69, 9.17) is 0 Å². The number of carbonyl (C=O) groups excluding carboxylic acids is 1. The summed E-state index contributed by atoms with van der Waals surface area (Å²) in [6.07, 6.45) is 2.11. The first-order valence-corrected chi connectivity index (χ1v) is 7.57. The van der Waals surface area contributed by atoms with Gasteiger partial charge in [0.2, 0.25) is 0 Å². The molecular formula is C15H29N3O3. The first kappa shape index (κ1) is 17.8. The van der Waals surface area contributed by atoms with Crippen molar-refractivity contribution in [2.24, 2.45) is 11.3 Å². The summed E-state index contributed by atoms with van der Waals surface area (Å²) in [7, 11) is 1.91. The van der Waals surface area contributed by atoms with Gasteiger partial charge in [-0.2, -0.15) is 0 Å². The van der Waals surface area contributed by atoms with Crippen molar-refractivity contribution >= 4 is 12.0 Å². The van der Waals surface area contributed by atoms with Crippen LogP contribution in [0, 0.1) is 11.3 Å². The summed E-state index contributed by atoms with van der Waals surface area (Å²) in [6.45, 7) is 9.13. The molecule has 1 saturated heterocycles. The van der Waals surface area contributed by atoms with E-state index in [0.29, 0.717) is 5.92 Å². The van der Waals surface area contributed by atoms with Gasteiger partial charge in [0.25, 0.3) is 0 Å². The molecule has 0 aromatic rings. The molecular weight excluding hydrogens is 270 g/mol. The van der Waals surface area contributed by atoms with Gasteiger partial charge in [-0.05, 0) is 60.0 Å². The quantitative estimate of drug-likeness (QED) is 0.719. The Morgan fingerprint density at radius 1 is 1.29 bits per heavy atom. The highest BCUT2D eigenvalue weighted by atomic mass is 16.4. The van der Waals surface area contributed by atoms with Gasteiger partial charge < -0.3 is 20.6 Å². The predicted octanol–water partition coefficient (Wildman–Crippen LogP) is 1.52. The van der Waals surface area contributed by atoms with Crippen LogP contribution in [-0.2, 0) is 4.79 Å². The Labute approximate surface area is 127 Å². The van der Waals surface area contributed by atoms with Crippen LogP contribution in [0.2, 0.25) is 0 Å². The Balaban J connectivity index is 2.69. The number of hydrogen-bond donors (Lipinski definition) is 3. The van der Waals surface area contributed by atoms with E-state index in [9.17, 15) is 14.7 Å². The van der Waals surface area contributed by atoms with Gasteiger partial charge in [0.15, 0.2) is 0 Å². The number of carboxylic acids is 1. The summed E-state index contributed by atoms with van der Waals surface area (Å²) in [4.78, 5) is 25.6. The second-order valence-corrected chi connectivity index (χ2v) is 7.00. The highest BCUT2D eigenvalue weighted by Crippen LogP contribution is 2.31. The predicted molar refractivity (Wildman–Crippen MR) is 82.3 cm³/mol. The summed E-state index contributed by atoms with van der Waals surface area (Å²) < 4.78 is 0. The summed E-state index contributed by atoms with van der Waals surface area (Å²) in [6, 6.07) is -0.171. The number of rotatable bonds is 5. The summed E-state index contributed by atoms with van der Waals surface area (Å²) in [5.74, 6) is -0.454. The molecule has 1 rings (SSSR count). The zero-order chi connectivity index (χ0) is 16.3. The average molecular weight is 299 g/mol. The highest BCUT2D eigenvalue weighted by Gasteiger charge is 2.45. The van der Waals surface area contributed by atoms with Crippen LogP contribution in [-0.4, -0.2) is 54.2 Å². The molecule has 6 nitrogen and oxygen atoms in total. The smallest absolute Gasteiger partial charge is 0.317 e. The third kappa shape index (κ3) is 4.09. The van der Waals surface area contributed by atoms with Gasteiger partial charge in [-0.15, -0.1) is 0 Å². The van der Waals surface area contributed by atoms with Gasteiger partial charge in [-0.1, -0.05) is 0 Å². The van der Waals surface area contributed by atoms with Crippen LogP contribution in [0.4, 0.5) is 4.79 Å². The van der Waals surface area contributed by atoms with Crippen LogP contribution >= 0.6 is 0 Å². The molecule has 6 heteroatoms. The zero-order valence-electron chi connectivity index (χ0n) is 13.8. The summed E-state index contributed by atoms with van der Waals surface area (Å²) >= 11 is 0. The van der Waals surface area contributed by atoms with Crippen LogP contribution in [0.3, 0.4) is 0 Å². The van der Waals surface area contributed by atoms with E-state index in [0.717, 1.165) is 32.5 Å². The topological polar surface area (TPSA) is 81.7 Å². The van der Waals surface area contributed by atoms with Gasteiger partial charge in [0, 0.05) is 13.1 Å². The van der Waals surface area contributed by atoms with E-state index >= 15 is 0 Å². The fraction of sp³-hybridized carbons (Fsp3) is 0.867. The molecule has 0 bridgehead atoms. The first-order valence-electron chi connectivity index (χ1n) is 7.57. The maximum absolute atomic E-state index is 12.4. The summed E-state index contributed by atoms with van der Waals surface area (Å²) in [5.41, 5.74) is -1.87. The van der Waals surface area contributed by atoms with Crippen LogP contribution in [0.1, 0.15) is 40.5 Å². The van der Waals surface area contributed by atoms with Gasteiger partial charge in [-0.3, -0.25) is 4.79 Å². The molecule has 2 amide bonds. The van der Waals surface area contributed by atoms with Crippen LogP contribution in [0.15, 0.2) is 0 Å². The lowest BCUT2D eigenvalue weighted by Crippen LogP contribution is -2.60. The number of carboxylic acid groups (broad SMARTS) is 1. The number of nitrogens with one attached hydrogen (secondary N) is 2. The second kappa shape index (κ2) is 6.64. The van der Waals surface area contributed by atoms with Gasteiger partial charge in [-0.25, -0.2) is 4.79 Å². The third-order valence-electron chi connectivity index (χ3n) is 4.82. The number of amides is 2. The van der Waals surface area contributed by atoms with Crippen LogP contribution in [0.5, 0.6) is 0 Å². The molecule has 1 fully saturated rings. The molecule has 122 valence electrons. The molecule has 1 unspecified atom stereocenters. The lowest BCUT2D eigenvalue weighted by molar-refractivity contribution is -0.150. The standard InChI is InChI=1S/C15H29N3O3/c1-14(2,12(19)20)15(3,4)17-13(21)18-8-6-7-11(10-18)9-16-5/h11,16H,6-10H2,1-5H3,(H,17,21)(H,19,20). The SMILES string of the molecule is CNCC1CCCN(C(=O)NC(C)(C)C(C)(C)C(=O)O)C1. The first-order chi connectivity index (χ1) is 9.61. The molecule has 1 atom stereocenters. The zero-order valence-corrected chi connectivity index (χ0v) is 13.8. The molecule has 0 aliphatic carbocycles. The van der Waals surface area contributed by atoms with Crippen molar-refractivity contribution in [2.45, 2.75) is 46.1 Å². The lowest BCUT2D eigenvalue weighted by Gasteiger charge is -2.41. The summed E-state index contributed by atoms with van der Waals surface area (Å²) in [5, 5.41) is 15.4. The molecule has 0 spiro atoms. The Kier molecular flexibility index (Phi) is 5.61. The lowest BCUT2D eigenvalue weighted by atomic mass is 9.74. The Bertz CT molecular complexity index is 392. The number of piperidine rings is 1. The van der Waals surface area contributed by atoms with Crippen LogP contribution < -0.4 is 10.6 Å². The Morgan fingerprint density at radius 2 is 1.90 bits per heavy atom. The normalized spacial score (nSPS) is 20.2. The number of hydrogen-bond acceptors (Lipinski definition) is 3. The molecule has 21 heavy (non-hydrogen) atoms. The number of urea groups is 1. The molecule has 1 aliphatic heterocycles. The van der Waals surface area contributed by atoms with Crippen molar-refractivity contribution < 1.29 is 14.7 Å². The number of nitrogens with zero attached hydrogens (tertiary/aromatic N) is 1. The Morgan fingerprint density at radius 3 is 2.43 bits per heavy atom. The van der Waals surface area contributed by atoms with Gasteiger partial charge >= 0.3 is 12.0 Å². The minimum atomic E-state index is -1.04. The van der Waals surface area contributed by atoms with E-state index in [-0.39, 0.29) is 6.03 Å².